The summed E-state index contributed by atoms with van der Waals surface area (Å²) in [4.78, 5) is 11.3. The van der Waals surface area contributed by atoms with Crippen molar-refractivity contribution in [1.29, 1.82) is 0 Å². The number of carboxylic acids is 1. The second-order valence-electron chi connectivity index (χ2n) is 4.17. The summed E-state index contributed by atoms with van der Waals surface area (Å²) >= 11 is 3.40. The predicted octanol–water partition coefficient (Wildman–Crippen LogP) is 4.26. The largest absolute Gasteiger partial charge is 0.478 e. The van der Waals surface area contributed by atoms with Crippen LogP contribution < -0.4 is 0 Å². The first-order valence-corrected chi connectivity index (χ1v) is 6.13. The number of carbonyl (C=O) groups is 1. The summed E-state index contributed by atoms with van der Waals surface area (Å²) in [5.41, 5.74) is 1.43. The van der Waals surface area contributed by atoms with Gasteiger partial charge in [-0.15, -0.1) is 0 Å². The number of hydrogen-bond acceptors (Lipinski definition) is 3. The van der Waals surface area contributed by atoms with Crippen LogP contribution in [0.1, 0.15) is 21.9 Å². The Labute approximate surface area is 110 Å². The van der Waals surface area contributed by atoms with Crippen LogP contribution >= 0.6 is 15.9 Å². The van der Waals surface area contributed by atoms with Gasteiger partial charge in [0.1, 0.15) is 22.7 Å². The lowest BCUT2D eigenvalue weighted by Gasteiger charge is -1.95. The first-order chi connectivity index (χ1) is 8.49. The van der Waals surface area contributed by atoms with E-state index in [0.717, 1.165) is 15.6 Å². The Morgan fingerprint density at radius 2 is 1.89 bits per heavy atom. The van der Waals surface area contributed by atoms with Gasteiger partial charge in [-0.2, -0.15) is 0 Å². The maximum Gasteiger partial charge on any atom is 0.339 e. The van der Waals surface area contributed by atoms with Crippen LogP contribution in [0.25, 0.3) is 21.9 Å². The number of carboxylic acid groups (broad SMARTS) is 1. The van der Waals surface area contributed by atoms with E-state index >= 15 is 0 Å². The molecule has 0 saturated carbocycles. The van der Waals surface area contributed by atoms with Crippen molar-refractivity contribution in [3.8, 4) is 0 Å². The molecule has 4 nitrogen and oxygen atoms in total. The number of fused-ring (bicyclic) bond motifs is 3. The maximum atomic E-state index is 11.3. The first-order valence-electron chi connectivity index (χ1n) is 5.34. The molecule has 1 N–H and O–H groups in total. The van der Waals surface area contributed by atoms with Gasteiger partial charge in [-0.3, -0.25) is 0 Å². The number of hydrogen-bond donors (Lipinski definition) is 1. The van der Waals surface area contributed by atoms with Crippen molar-refractivity contribution in [3.63, 3.8) is 0 Å². The third-order valence-electron chi connectivity index (χ3n) is 2.92. The molecule has 0 atom stereocenters. The zero-order valence-corrected chi connectivity index (χ0v) is 11.3. The summed E-state index contributed by atoms with van der Waals surface area (Å²) < 4.78 is 11.9. The Balaban J connectivity index is 2.57. The van der Waals surface area contributed by atoms with E-state index < -0.39 is 5.97 Å². The van der Waals surface area contributed by atoms with E-state index in [1.807, 2.05) is 13.0 Å². The molecule has 0 aliphatic carbocycles. The highest BCUT2D eigenvalue weighted by Crippen LogP contribution is 2.37. The van der Waals surface area contributed by atoms with Crippen molar-refractivity contribution in [2.75, 3.05) is 0 Å². The summed E-state index contributed by atoms with van der Waals surface area (Å²) in [5, 5.41) is 10.6. The van der Waals surface area contributed by atoms with E-state index in [0.29, 0.717) is 22.3 Å². The molecule has 0 bridgehead atoms. The molecular formula is C13H9BrO4. The fourth-order valence-electron chi connectivity index (χ4n) is 2.22. The minimum Gasteiger partial charge on any atom is -0.478 e. The molecule has 3 rings (SSSR count). The number of benzene rings is 1. The summed E-state index contributed by atoms with van der Waals surface area (Å²) in [6.07, 6.45) is 0. The van der Waals surface area contributed by atoms with Gasteiger partial charge in [0.05, 0.1) is 9.86 Å². The van der Waals surface area contributed by atoms with Gasteiger partial charge in [0.2, 0.25) is 0 Å². The fourth-order valence-corrected chi connectivity index (χ4v) is 2.74. The third-order valence-corrected chi connectivity index (χ3v) is 3.51. The maximum absolute atomic E-state index is 11.3. The second kappa shape index (κ2) is 3.62. The highest BCUT2D eigenvalue weighted by Gasteiger charge is 2.21. The molecule has 1 aromatic carbocycles. The molecule has 0 aliphatic heterocycles. The number of aromatic carboxylic acids is 1. The zero-order valence-electron chi connectivity index (χ0n) is 9.70. The van der Waals surface area contributed by atoms with Crippen molar-refractivity contribution in [2.24, 2.45) is 0 Å². The van der Waals surface area contributed by atoms with Crippen molar-refractivity contribution in [3.05, 3.63) is 33.7 Å². The van der Waals surface area contributed by atoms with Crippen LogP contribution in [0, 0.1) is 13.8 Å². The second-order valence-corrected chi connectivity index (χ2v) is 5.03. The van der Waals surface area contributed by atoms with Gasteiger partial charge >= 0.3 is 5.97 Å². The Morgan fingerprint density at radius 1 is 1.17 bits per heavy atom. The summed E-state index contributed by atoms with van der Waals surface area (Å²) in [5.74, 6) is 0.164. The molecule has 0 aliphatic rings. The molecule has 0 amide bonds. The fraction of sp³-hybridized carbons (Fsp3) is 0.154. The number of rotatable bonds is 1. The molecule has 0 fully saturated rings. The van der Waals surface area contributed by atoms with E-state index in [-0.39, 0.29) is 5.56 Å². The van der Waals surface area contributed by atoms with Crippen LogP contribution in [0.3, 0.4) is 0 Å². The van der Waals surface area contributed by atoms with E-state index in [1.54, 1.807) is 13.0 Å². The molecule has 5 heteroatoms. The molecule has 2 aromatic heterocycles. The topological polar surface area (TPSA) is 63.6 Å². The van der Waals surface area contributed by atoms with Crippen molar-refractivity contribution < 1.29 is 18.7 Å². The SMILES string of the molecule is Cc1cc2c(o1)c(Br)cc1c(C(=O)O)c(C)oc12. The van der Waals surface area contributed by atoms with Crippen LogP contribution in [0.2, 0.25) is 0 Å². The zero-order chi connectivity index (χ0) is 13.0. The standard InChI is InChI=1S/C13H9BrO4/c1-5-3-8-11-7(4-9(14)12(8)17-5)10(13(15)16)6(2)18-11/h3-4H,1-2H3,(H,15,16). The number of halogens is 1. The van der Waals surface area contributed by atoms with Gasteiger partial charge in [-0.05, 0) is 41.9 Å². The van der Waals surface area contributed by atoms with Gasteiger partial charge in [-0.1, -0.05) is 0 Å². The lowest BCUT2D eigenvalue weighted by atomic mass is 10.1. The lowest BCUT2D eigenvalue weighted by molar-refractivity contribution is 0.0697. The summed E-state index contributed by atoms with van der Waals surface area (Å²) in [6.45, 7) is 3.49. The molecule has 3 aromatic rings. The van der Waals surface area contributed by atoms with Crippen LogP contribution in [-0.2, 0) is 0 Å². The van der Waals surface area contributed by atoms with Crippen LogP contribution in [-0.4, -0.2) is 11.1 Å². The Bertz CT molecular complexity index is 794. The smallest absolute Gasteiger partial charge is 0.339 e. The molecule has 0 spiro atoms. The molecule has 2 heterocycles. The van der Waals surface area contributed by atoms with Crippen LogP contribution in [0.5, 0.6) is 0 Å². The van der Waals surface area contributed by atoms with Crippen molar-refractivity contribution in [1.82, 2.24) is 0 Å². The number of aryl methyl sites for hydroxylation is 2. The monoisotopic (exact) mass is 308 g/mol. The average molecular weight is 309 g/mol. The normalized spacial score (nSPS) is 11.5. The lowest BCUT2D eigenvalue weighted by Crippen LogP contribution is -1.96. The van der Waals surface area contributed by atoms with E-state index in [1.165, 1.54) is 0 Å². The van der Waals surface area contributed by atoms with Crippen LogP contribution in [0.4, 0.5) is 0 Å². The minimum absolute atomic E-state index is 0.200. The minimum atomic E-state index is -0.988. The van der Waals surface area contributed by atoms with E-state index in [9.17, 15) is 9.90 Å². The molecule has 0 saturated heterocycles. The van der Waals surface area contributed by atoms with Crippen molar-refractivity contribution >= 4 is 43.8 Å². The molecule has 18 heavy (non-hydrogen) atoms. The Kier molecular flexibility index (Phi) is 2.28. The van der Waals surface area contributed by atoms with E-state index in [2.05, 4.69) is 15.9 Å². The number of furan rings is 2. The van der Waals surface area contributed by atoms with Gasteiger partial charge < -0.3 is 13.9 Å². The quantitative estimate of drug-likeness (QED) is 0.729. The van der Waals surface area contributed by atoms with Gasteiger partial charge in [-0.25, -0.2) is 4.79 Å². The van der Waals surface area contributed by atoms with Gasteiger partial charge in [0.15, 0.2) is 5.58 Å². The molecule has 0 unspecified atom stereocenters. The average Bonchev–Trinajstić information content (AvgIpc) is 2.78. The highest BCUT2D eigenvalue weighted by molar-refractivity contribution is 9.10. The molecule has 0 radical (unpaired) electrons. The summed E-state index contributed by atoms with van der Waals surface area (Å²) in [7, 11) is 0. The van der Waals surface area contributed by atoms with Crippen molar-refractivity contribution in [2.45, 2.75) is 13.8 Å². The van der Waals surface area contributed by atoms with Crippen LogP contribution in [0.15, 0.2) is 25.4 Å². The molecular weight excluding hydrogens is 300 g/mol. The third kappa shape index (κ3) is 1.40. The van der Waals surface area contributed by atoms with Gasteiger partial charge in [0, 0.05) is 5.39 Å². The first kappa shape index (κ1) is 11.3. The predicted molar refractivity (Wildman–Crippen MR) is 70.1 cm³/mol. The Hall–Kier alpha value is -1.75. The summed E-state index contributed by atoms with van der Waals surface area (Å²) in [6, 6.07) is 3.57. The molecule has 92 valence electrons. The van der Waals surface area contributed by atoms with Gasteiger partial charge in [0.25, 0.3) is 0 Å². The van der Waals surface area contributed by atoms with E-state index in [4.69, 9.17) is 8.83 Å². The Morgan fingerprint density at radius 3 is 2.56 bits per heavy atom. The highest BCUT2D eigenvalue weighted by atomic mass is 79.9.